The van der Waals surface area contributed by atoms with Crippen molar-refractivity contribution in [1.82, 2.24) is 14.5 Å². The summed E-state index contributed by atoms with van der Waals surface area (Å²) in [7, 11) is 1.73. The van der Waals surface area contributed by atoms with Gasteiger partial charge in [-0.25, -0.2) is 4.79 Å². The molecule has 29 heavy (non-hydrogen) atoms. The fraction of sp³-hybridized carbons (Fsp3) is 0.318. The molecule has 0 saturated heterocycles. The molecule has 0 aliphatic carbocycles. The average Bonchev–Trinajstić information content (AvgIpc) is 2.96. The van der Waals surface area contributed by atoms with Gasteiger partial charge in [0.25, 0.3) is 0 Å². The van der Waals surface area contributed by atoms with E-state index in [9.17, 15) is 14.4 Å². The van der Waals surface area contributed by atoms with Crippen molar-refractivity contribution in [3.8, 4) is 0 Å². The molecule has 0 saturated carbocycles. The second-order valence-electron chi connectivity index (χ2n) is 7.35. The molecule has 3 aromatic rings. The number of nitrogens with zero attached hydrogens (tertiary/aromatic N) is 2. The number of aryl methyl sites for hydroxylation is 2. The molecule has 0 spiro atoms. The Morgan fingerprint density at radius 3 is 2.31 bits per heavy atom. The van der Waals surface area contributed by atoms with E-state index in [1.165, 1.54) is 0 Å². The van der Waals surface area contributed by atoms with Crippen molar-refractivity contribution >= 4 is 28.5 Å². The molecule has 1 aromatic heterocycles. The van der Waals surface area contributed by atoms with E-state index in [0.717, 1.165) is 22.3 Å². The summed E-state index contributed by atoms with van der Waals surface area (Å²) in [4.78, 5) is 36.4. The number of hydrogen-bond donors (Lipinski definition) is 2. The van der Waals surface area contributed by atoms with Gasteiger partial charge in [0.1, 0.15) is 0 Å². The number of amides is 2. The average molecular weight is 394 g/mol. The smallest absolute Gasteiger partial charge is 0.328 e. The molecule has 0 aliphatic rings. The summed E-state index contributed by atoms with van der Waals surface area (Å²) in [6.45, 7) is 4.39. The minimum Gasteiger partial charge on any atom is -0.352 e. The van der Waals surface area contributed by atoms with Crippen LogP contribution in [0.4, 0.5) is 5.69 Å². The lowest BCUT2D eigenvalue weighted by Gasteiger charge is -2.09. The summed E-state index contributed by atoms with van der Waals surface area (Å²) in [5.41, 5.74) is 3.21. The van der Waals surface area contributed by atoms with Crippen molar-refractivity contribution in [3.63, 3.8) is 0 Å². The van der Waals surface area contributed by atoms with Gasteiger partial charge in [-0.2, -0.15) is 0 Å². The van der Waals surface area contributed by atoms with E-state index in [2.05, 4.69) is 10.6 Å². The van der Waals surface area contributed by atoms with Gasteiger partial charge in [-0.1, -0.05) is 38.1 Å². The summed E-state index contributed by atoms with van der Waals surface area (Å²) >= 11 is 0. The number of benzene rings is 2. The van der Waals surface area contributed by atoms with Gasteiger partial charge in [0.2, 0.25) is 11.8 Å². The number of carbonyl (C=O) groups is 2. The number of anilines is 1. The van der Waals surface area contributed by atoms with Crippen molar-refractivity contribution in [2.75, 3.05) is 5.32 Å². The van der Waals surface area contributed by atoms with Gasteiger partial charge in [-0.15, -0.1) is 0 Å². The van der Waals surface area contributed by atoms with Crippen LogP contribution in [0.5, 0.6) is 0 Å². The van der Waals surface area contributed by atoms with Gasteiger partial charge < -0.3 is 10.6 Å². The summed E-state index contributed by atoms with van der Waals surface area (Å²) in [5.74, 6) is -0.236. The summed E-state index contributed by atoms with van der Waals surface area (Å²) in [5, 5.41) is 5.71. The molecule has 0 aliphatic heterocycles. The second kappa shape index (κ2) is 8.77. The number of para-hydroxylation sites is 2. The molecule has 0 unspecified atom stereocenters. The molecule has 0 radical (unpaired) electrons. The maximum atomic E-state index is 12.4. The topological polar surface area (TPSA) is 85.1 Å². The normalized spacial score (nSPS) is 11.0. The van der Waals surface area contributed by atoms with Gasteiger partial charge >= 0.3 is 5.69 Å². The third-order valence-corrected chi connectivity index (χ3v) is 4.85. The zero-order chi connectivity index (χ0) is 21.0. The van der Waals surface area contributed by atoms with Crippen molar-refractivity contribution in [3.05, 3.63) is 64.6 Å². The number of rotatable bonds is 7. The Hall–Kier alpha value is -3.35. The lowest BCUT2D eigenvalue weighted by molar-refractivity contribution is -0.121. The molecule has 7 heteroatoms. The van der Waals surface area contributed by atoms with Crippen molar-refractivity contribution in [2.45, 2.75) is 33.4 Å². The van der Waals surface area contributed by atoms with Gasteiger partial charge in [0, 0.05) is 38.2 Å². The van der Waals surface area contributed by atoms with Crippen LogP contribution in [0.25, 0.3) is 11.0 Å². The fourth-order valence-corrected chi connectivity index (χ4v) is 3.07. The van der Waals surface area contributed by atoms with Crippen molar-refractivity contribution in [1.29, 1.82) is 0 Å². The first kappa shape index (κ1) is 20.4. The van der Waals surface area contributed by atoms with Crippen LogP contribution in [0.15, 0.2) is 53.3 Å². The molecule has 0 bridgehead atoms. The van der Waals surface area contributed by atoms with Crippen molar-refractivity contribution in [2.24, 2.45) is 13.0 Å². The maximum Gasteiger partial charge on any atom is 0.328 e. The standard InChI is InChI=1S/C22H26N4O3/c1-15(2)21(28)24-17-10-8-16(9-11-17)14-23-20(27)12-13-26-19-7-5-4-6-18(19)25(3)22(26)29/h4-11,15H,12-14H2,1-3H3,(H,23,27)(H,24,28). The molecule has 3 rings (SSSR count). The van der Waals surface area contributed by atoms with E-state index in [1.807, 2.05) is 62.4 Å². The lowest BCUT2D eigenvalue weighted by atomic mass is 10.1. The molecule has 2 aromatic carbocycles. The molecule has 2 amide bonds. The van der Waals surface area contributed by atoms with Gasteiger partial charge in [-0.3, -0.25) is 18.7 Å². The van der Waals surface area contributed by atoms with E-state index >= 15 is 0 Å². The third kappa shape index (κ3) is 4.74. The van der Waals surface area contributed by atoms with Crippen LogP contribution < -0.4 is 16.3 Å². The van der Waals surface area contributed by atoms with Crippen LogP contribution >= 0.6 is 0 Å². The lowest BCUT2D eigenvalue weighted by Crippen LogP contribution is -2.27. The Labute approximate surface area is 169 Å². The Balaban J connectivity index is 1.54. The van der Waals surface area contributed by atoms with Crippen LogP contribution in [0.2, 0.25) is 0 Å². The molecule has 152 valence electrons. The number of carbonyl (C=O) groups excluding carboxylic acids is 2. The number of imidazole rings is 1. The predicted molar refractivity (Wildman–Crippen MR) is 114 cm³/mol. The highest BCUT2D eigenvalue weighted by Crippen LogP contribution is 2.13. The first-order valence-electron chi connectivity index (χ1n) is 9.67. The first-order valence-corrected chi connectivity index (χ1v) is 9.67. The van der Waals surface area contributed by atoms with Crippen molar-refractivity contribution < 1.29 is 9.59 Å². The Kier molecular flexibility index (Phi) is 6.16. The van der Waals surface area contributed by atoms with Crippen LogP contribution in [0, 0.1) is 5.92 Å². The Bertz CT molecular complexity index is 1080. The van der Waals surface area contributed by atoms with Gasteiger partial charge in [-0.05, 0) is 29.8 Å². The van der Waals surface area contributed by atoms with Crippen LogP contribution in [-0.2, 0) is 29.7 Å². The molecule has 0 atom stereocenters. The highest BCUT2D eigenvalue weighted by molar-refractivity contribution is 5.92. The highest BCUT2D eigenvalue weighted by Gasteiger charge is 2.11. The van der Waals surface area contributed by atoms with Crippen LogP contribution in [0.3, 0.4) is 0 Å². The van der Waals surface area contributed by atoms with E-state index in [4.69, 9.17) is 0 Å². The molecular formula is C22H26N4O3. The number of fused-ring (bicyclic) bond motifs is 1. The largest absolute Gasteiger partial charge is 0.352 e. The van der Waals surface area contributed by atoms with E-state index in [-0.39, 0.29) is 29.8 Å². The van der Waals surface area contributed by atoms with Crippen LogP contribution in [0.1, 0.15) is 25.8 Å². The zero-order valence-corrected chi connectivity index (χ0v) is 16.9. The molecule has 1 heterocycles. The molecule has 7 nitrogen and oxygen atoms in total. The molecular weight excluding hydrogens is 368 g/mol. The quantitative estimate of drug-likeness (QED) is 0.646. The maximum absolute atomic E-state index is 12.4. The Morgan fingerprint density at radius 2 is 1.66 bits per heavy atom. The number of hydrogen-bond acceptors (Lipinski definition) is 3. The monoisotopic (exact) mass is 394 g/mol. The number of aromatic nitrogens is 2. The summed E-state index contributed by atoms with van der Waals surface area (Å²) < 4.78 is 3.22. The summed E-state index contributed by atoms with van der Waals surface area (Å²) in [6, 6.07) is 14.9. The van der Waals surface area contributed by atoms with E-state index in [1.54, 1.807) is 16.2 Å². The van der Waals surface area contributed by atoms with E-state index in [0.29, 0.717) is 13.1 Å². The number of nitrogens with one attached hydrogen (secondary N) is 2. The second-order valence-corrected chi connectivity index (χ2v) is 7.35. The molecule has 0 fully saturated rings. The highest BCUT2D eigenvalue weighted by atomic mass is 16.2. The Morgan fingerprint density at radius 1 is 1.00 bits per heavy atom. The van der Waals surface area contributed by atoms with Crippen LogP contribution in [-0.4, -0.2) is 20.9 Å². The fourth-order valence-electron chi connectivity index (χ4n) is 3.07. The minimum absolute atomic E-state index is 0.0327. The first-order chi connectivity index (χ1) is 13.9. The molecule has 2 N–H and O–H groups in total. The summed E-state index contributed by atoms with van der Waals surface area (Å²) in [6.07, 6.45) is 0.219. The third-order valence-electron chi connectivity index (χ3n) is 4.85. The van der Waals surface area contributed by atoms with Gasteiger partial charge in [0.05, 0.1) is 11.0 Å². The predicted octanol–water partition coefficient (Wildman–Crippen LogP) is 2.64. The zero-order valence-electron chi connectivity index (χ0n) is 16.9. The SMILES string of the molecule is CC(C)C(=O)Nc1ccc(CNC(=O)CCn2c(=O)n(C)c3ccccc32)cc1. The van der Waals surface area contributed by atoms with E-state index < -0.39 is 0 Å². The minimum atomic E-state index is -0.127. The van der Waals surface area contributed by atoms with Gasteiger partial charge in [0.15, 0.2) is 0 Å².